The minimum absolute atomic E-state index is 0.736. The van der Waals surface area contributed by atoms with Crippen LogP contribution in [0.5, 0.6) is 0 Å². The molecule has 1 N–H and O–H groups in total. The molecule has 3 heteroatoms. The van der Waals surface area contributed by atoms with Gasteiger partial charge in [-0.25, -0.2) is 0 Å². The molecule has 1 heterocycles. The first kappa shape index (κ1) is 11.0. The lowest BCUT2D eigenvalue weighted by Gasteiger charge is -2.32. The number of nitrogens with one attached hydrogen (secondary N) is 1. The van der Waals surface area contributed by atoms with Crippen molar-refractivity contribution in [1.29, 1.82) is 0 Å². The van der Waals surface area contributed by atoms with Crippen LogP contribution in [0.1, 0.15) is 43.6 Å². The van der Waals surface area contributed by atoms with Gasteiger partial charge in [0.25, 0.3) is 0 Å². The Balaban J connectivity index is 1.39. The van der Waals surface area contributed by atoms with Crippen molar-refractivity contribution in [3.05, 3.63) is 17.5 Å². The Labute approximate surface area is 108 Å². The summed E-state index contributed by atoms with van der Waals surface area (Å²) in [5.74, 6) is 5.08. The van der Waals surface area contributed by atoms with Crippen LogP contribution >= 0.6 is 0 Å². The Hall–Kier alpha value is -0.830. The molecule has 5 atom stereocenters. The average molecular weight is 246 g/mol. The van der Waals surface area contributed by atoms with Gasteiger partial charge in [-0.15, -0.1) is 0 Å². The molecule has 0 aromatic carbocycles. The fourth-order valence-electron chi connectivity index (χ4n) is 5.03. The van der Waals surface area contributed by atoms with Crippen LogP contribution < -0.4 is 5.32 Å². The summed E-state index contributed by atoms with van der Waals surface area (Å²) in [6, 6.07) is 2.78. The second-order valence-electron chi connectivity index (χ2n) is 6.58. The highest BCUT2D eigenvalue weighted by Crippen LogP contribution is 2.58. The summed E-state index contributed by atoms with van der Waals surface area (Å²) in [4.78, 5) is 0. The zero-order valence-electron chi connectivity index (χ0n) is 11.1. The van der Waals surface area contributed by atoms with Crippen molar-refractivity contribution in [1.82, 2.24) is 10.5 Å². The molecular formula is C15H22N2O. The van der Waals surface area contributed by atoms with E-state index in [2.05, 4.69) is 10.5 Å². The van der Waals surface area contributed by atoms with Crippen LogP contribution in [0.2, 0.25) is 0 Å². The van der Waals surface area contributed by atoms with E-state index in [1.54, 1.807) is 0 Å². The van der Waals surface area contributed by atoms with E-state index in [4.69, 9.17) is 4.52 Å². The predicted molar refractivity (Wildman–Crippen MR) is 68.9 cm³/mol. The molecule has 3 nitrogen and oxygen atoms in total. The predicted octanol–water partition coefficient (Wildman–Crippen LogP) is 2.90. The van der Waals surface area contributed by atoms with Crippen LogP contribution in [-0.4, -0.2) is 11.2 Å². The van der Waals surface area contributed by atoms with Gasteiger partial charge >= 0.3 is 0 Å². The normalized spacial score (nSPS) is 41.5. The third kappa shape index (κ3) is 1.63. The summed E-state index contributed by atoms with van der Waals surface area (Å²) in [5.41, 5.74) is 0.982. The average Bonchev–Trinajstić information content (AvgIpc) is 3.08. The maximum atomic E-state index is 5.28. The van der Waals surface area contributed by atoms with Gasteiger partial charge in [0.1, 0.15) is 0 Å². The summed E-state index contributed by atoms with van der Waals surface area (Å²) in [5, 5.41) is 7.67. The second kappa shape index (κ2) is 4.09. The molecule has 4 rings (SSSR count). The van der Waals surface area contributed by atoms with Crippen LogP contribution in [0.15, 0.2) is 10.6 Å². The summed E-state index contributed by atoms with van der Waals surface area (Å²) >= 11 is 0. The Morgan fingerprint density at radius 1 is 1.28 bits per heavy atom. The van der Waals surface area contributed by atoms with Gasteiger partial charge in [0, 0.05) is 12.1 Å². The van der Waals surface area contributed by atoms with E-state index >= 15 is 0 Å². The van der Waals surface area contributed by atoms with E-state index in [9.17, 15) is 0 Å². The molecule has 98 valence electrons. The number of rotatable bonds is 3. The standard InChI is InChI=1S/C15H22N2O/c1-9-5-11(18-17-9)8-16-15-7-10-6-14(15)13-4-2-3-12(10)13/h5,10,12-16H,2-4,6-8H2,1H3. The first-order valence-corrected chi connectivity index (χ1v) is 7.47. The maximum Gasteiger partial charge on any atom is 0.150 e. The fourth-order valence-corrected chi connectivity index (χ4v) is 5.03. The van der Waals surface area contributed by atoms with Gasteiger partial charge < -0.3 is 9.84 Å². The zero-order chi connectivity index (χ0) is 12.1. The summed E-state index contributed by atoms with van der Waals surface area (Å²) in [6.07, 6.45) is 7.38. The molecule has 1 aromatic rings. The quantitative estimate of drug-likeness (QED) is 0.891. The molecule has 3 fully saturated rings. The Kier molecular flexibility index (Phi) is 2.51. The third-order valence-electron chi connectivity index (χ3n) is 5.64. The van der Waals surface area contributed by atoms with Crippen molar-refractivity contribution in [3.63, 3.8) is 0 Å². The van der Waals surface area contributed by atoms with Crippen LogP contribution in [0.4, 0.5) is 0 Å². The first-order valence-electron chi connectivity index (χ1n) is 7.47. The number of hydrogen-bond acceptors (Lipinski definition) is 3. The first-order chi connectivity index (χ1) is 8.81. The molecule has 0 saturated heterocycles. The smallest absolute Gasteiger partial charge is 0.150 e. The van der Waals surface area contributed by atoms with Crippen LogP contribution in [0, 0.1) is 30.6 Å². The molecule has 3 aliphatic rings. The monoisotopic (exact) mass is 246 g/mol. The minimum Gasteiger partial charge on any atom is -0.360 e. The molecule has 5 unspecified atom stereocenters. The van der Waals surface area contributed by atoms with Gasteiger partial charge in [-0.3, -0.25) is 0 Å². The number of nitrogens with zero attached hydrogens (tertiary/aromatic N) is 1. The lowest BCUT2D eigenvalue weighted by molar-refractivity contribution is 0.204. The SMILES string of the molecule is Cc1cc(CNC2CC3CC2C2CCCC32)on1. The zero-order valence-corrected chi connectivity index (χ0v) is 11.1. The highest BCUT2D eigenvalue weighted by atomic mass is 16.5. The lowest BCUT2D eigenvalue weighted by Crippen LogP contribution is -2.38. The lowest BCUT2D eigenvalue weighted by atomic mass is 9.79. The molecule has 2 bridgehead atoms. The molecule has 3 saturated carbocycles. The van der Waals surface area contributed by atoms with Crippen molar-refractivity contribution in [2.75, 3.05) is 0 Å². The van der Waals surface area contributed by atoms with Gasteiger partial charge in [0.15, 0.2) is 5.76 Å². The van der Waals surface area contributed by atoms with Gasteiger partial charge in [0.2, 0.25) is 0 Å². The van der Waals surface area contributed by atoms with E-state index in [0.29, 0.717) is 0 Å². The Morgan fingerprint density at radius 2 is 2.17 bits per heavy atom. The minimum atomic E-state index is 0.736. The Bertz CT molecular complexity index is 441. The fraction of sp³-hybridized carbons (Fsp3) is 0.800. The second-order valence-corrected chi connectivity index (χ2v) is 6.58. The van der Waals surface area contributed by atoms with Crippen LogP contribution in [0.3, 0.4) is 0 Å². The van der Waals surface area contributed by atoms with Crippen LogP contribution in [0.25, 0.3) is 0 Å². The van der Waals surface area contributed by atoms with E-state index < -0.39 is 0 Å². The number of hydrogen-bond donors (Lipinski definition) is 1. The molecule has 0 spiro atoms. The number of fused-ring (bicyclic) bond motifs is 5. The van der Waals surface area contributed by atoms with Gasteiger partial charge in [-0.1, -0.05) is 11.6 Å². The van der Waals surface area contributed by atoms with Gasteiger partial charge in [-0.2, -0.15) is 0 Å². The highest BCUT2D eigenvalue weighted by Gasteiger charge is 2.53. The molecule has 0 radical (unpaired) electrons. The van der Waals surface area contributed by atoms with Gasteiger partial charge in [-0.05, 0) is 56.3 Å². The molecule has 1 aromatic heterocycles. The summed E-state index contributed by atoms with van der Waals surface area (Å²) in [6.45, 7) is 2.83. The third-order valence-corrected chi connectivity index (χ3v) is 5.64. The van der Waals surface area contributed by atoms with Crippen molar-refractivity contribution < 1.29 is 4.52 Å². The summed E-state index contributed by atoms with van der Waals surface area (Å²) in [7, 11) is 0. The molecular weight excluding hydrogens is 224 g/mol. The molecule has 18 heavy (non-hydrogen) atoms. The van der Waals surface area contributed by atoms with Crippen molar-refractivity contribution in [2.24, 2.45) is 23.7 Å². The number of aryl methyl sites for hydroxylation is 1. The molecule has 0 aliphatic heterocycles. The maximum absolute atomic E-state index is 5.28. The van der Waals surface area contributed by atoms with E-state index in [-0.39, 0.29) is 0 Å². The number of aromatic nitrogens is 1. The van der Waals surface area contributed by atoms with Gasteiger partial charge in [0.05, 0.1) is 12.2 Å². The molecule has 3 aliphatic carbocycles. The van der Waals surface area contributed by atoms with E-state index in [1.165, 1.54) is 32.1 Å². The topological polar surface area (TPSA) is 38.1 Å². The van der Waals surface area contributed by atoms with Crippen molar-refractivity contribution in [3.8, 4) is 0 Å². The Morgan fingerprint density at radius 3 is 3.00 bits per heavy atom. The highest BCUT2D eigenvalue weighted by molar-refractivity contribution is 5.07. The van der Waals surface area contributed by atoms with Crippen LogP contribution in [-0.2, 0) is 6.54 Å². The summed E-state index contributed by atoms with van der Waals surface area (Å²) < 4.78 is 5.28. The van der Waals surface area contributed by atoms with E-state index in [0.717, 1.165) is 47.7 Å². The van der Waals surface area contributed by atoms with E-state index in [1.807, 2.05) is 13.0 Å². The van der Waals surface area contributed by atoms with Crippen molar-refractivity contribution in [2.45, 2.75) is 51.6 Å². The molecule has 0 amide bonds. The van der Waals surface area contributed by atoms with Crippen molar-refractivity contribution >= 4 is 0 Å². The largest absolute Gasteiger partial charge is 0.360 e.